The first-order valence-electron chi connectivity index (χ1n) is 22.5. The Kier molecular flexibility index (Phi) is 13.8. The zero-order valence-electron chi connectivity index (χ0n) is 38.4. The number of aromatic hydroxyl groups is 1. The molecule has 342 valence electrons. The first-order valence-corrected chi connectivity index (χ1v) is 22.5. The number of hydrazine groups is 1. The van der Waals surface area contributed by atoms with E-state index in [1.807, 2.05) is 32.0 Å². The van der Waals surface area contributed by atoms with Gasteiger partial charge in [-0.25, -0.2) is 5.43 Å². The number of amides is 4. The Morgan fingerprint density at radius 3 is 2.56 bits per heavy atom. The Labute approximate surface area is 375 Å². The van der Waals surface area contributed by atoms with Crippen molar-refractivity contribution in [1.29, 1.82) is 0 Å². The van der Waals surface area contributed by atoms with Crippen LogP contribution in [0.3, 0.4) is 0 Å². The molecule has 6 bridgehead atoms. The summed E-state index contributed by atoms with van der Waals surface area (Å²) in [6, 6.07) is 12.5. The zero-order valence-corrected chi connectivity index (χ0v) is 38.4. The summed E-state index contributed by atoms with van der Waals surface area (Å²) in [7, 11) is 3.25. The molecule has 2 aromatic carbocycles. The average molecular weight is 878 g/mol. The summed E-state index contributed by atoms with van der Waals surface area (Å²) in [6.45, 7) is 13.6. The highest BCUT2D eigenvalue weighted by Crippen LogP contribution is 2.41. The molecule has 64 heavy (non-hydrogen) atoms. The fourth-order valence-corrected chi connectivity index (χ4v) is 9.77. The Morgan fingerprint density at radius 1 is 1.08 bits per heavy atom. The number of methoxy groups -OCH3 is 1. The number of benzene rings is 2. The summed E-state index contributed by atoms with van der Waals surface area (Å²) in [4.78, 5) is 76.7. The van der Waals surface area contributed by atoms with Crippen LogP contribution in [0, 0.1) is 17.3 Å². The van der Waals surface area contributed by atoms with Gasteiger partial charge in [0.15, 0.2) is 0 Å². The lowest BCUT2D eigenvalue weighted by atomic mass is 9.84. The maximum absolute atomic E-state index is 14.7. The van der Waals surface area contributed by atoms with E-state index < -0.39 is 47.2 Å². The third-order valence-electron chi connectivity index (χ3n) is 12.9. The number of nitrogens with zero attached hydrogens (tertiary/aromatic N) is 5. The third kappa shape index (κ3) is 9.65. The molecule has 3 aliphatic heterocycles. The van der Waals surface area contributed by atoms with Crippen molar-refractivity contribution in [3.05, 3.63) is 71.5 Å². The Morgan fingerprint density at radius 2 is 1.86 bits per heavy atom. The van der Waals surface area contributed by atoms with Crippen LogP contribution in [0.2, 0.25) is 0 Å². The summed E-state index contributed by atoms with van der Waals surface area (Å²) in [6.07, 6.45) is 3.77. The number of aromatic nitrogens is 2. The van der Waals surface area contributed by atoms with Crippen molar-refractivity contribution in [2.24, 2.45) is 17.3 Å². The summed E-state index contributed by atoms with van der Waals surface area (Å²) < 4.78 is 14.0. The van der Waals surface area contributed by atoms with Gasteiger partial charge < -0.3 is 34.3 Å². The second kappa shape index (κ2) is 19.1. The minimum absolute atomic E-state index is 0.000728. The SMILES string of the molecule is CCn1c(-c2cccnc2COC)c2c3cc(ccc31)-c1cc(O)cc(c1)C[C@H](NC(=O)[C@H](C(C)C)N(C)C(=O)[C@H]1CCN(C(C)=O)C1)C(=O)N1CCC[C@H](N1)C(=O)OCC(C)(C)C2. The number of phenols is 1. The minimum atomic E-state index is -1.15. The fourth-order valence-electron chi connectivity index (χ4n) is 9.77. The van der Waals surface area contributed by atoms with Gasteiger partial charge in [0.2, 0.25) is 17.7 Å². The zero-order chi connectivity index (χ0) is 46.0. The predicted molar refractivity (Wildman–Crippen MR) is 242 cm³/mol. The van der Waals surface area contributed by atoms with Crippen LogP contribution in [0.25, 0.3) is 33.3 Å². The van der Waals surface area contributed by atoms with Gasteiger partial charge in [-0.3, -0.25) is 34.0 Å². The number of likely N-dealkylation sites (tertiary alicyclic amines) is 1. The molecule has 0 saturated carbocycles. The van der Waals surface area contributed by atoms with Crippen molar-refractivity contribution in [2.75, 3.05) is 40.4 Å². The number of likely N-dealkylation sites (N-methyl/N-ethyl adjacent to an activating group) is 1. The number of hydrogen-bond acceptors (Lipinski definition) is 10. The number of carbonyl (C=O) groups excluding carboxylic acids is 5. The molecule has 4 amide bonds. The molecule has 4 atom stereocenters. The van der Waals surface area contributed by atoms with Gasteiger partial charge in [-0.1, -0.05) is 39.8 Å². The molecule has 4 aromatic rings. The van der Waals surface area contributed by atoms with E-state index in [9.17, 15) is 29.1 Å². The fraction of sp³-hybridized carbons (Fsp3) is 0.510. The lowest BCUT2D eigenvalue weighted by molar-refractivity contribution is -0.155. The van der Waals surface area contributed by atoms with Crippen LogP contribution in [-0.2, 0) is 59.4 Å². The molecule has 0 radical (unpaired) electrons. The standard InChI is InChI=1S/C49H63N7O8/c1-9-55-42-15-14-32-24-37(42)38(44(55)36-12-10-17-50-41(36)27-63-8)25-49(5,6)28-64-48(62)39-13-11-18-56(52-39)47(61)40(22-31-20-34(32)23-35(58)21-31)51-45(59)43(29(2)3)53(7)46(60)33-16-19-54(26-33)30(4)57/h10,12,14-15,17,20-21,23-24,29,33,39-40,43,52,58H,9,11,13,16,18-19,22,25-28H2,1-8H3,(H,51,59)/t33-,39-,40-,43-/m0/s1. The lowest BCUT2D eigenvalue weighted by Crippen LogP contribution is -2.62. The molecule has 15 nitrogen and oxygen atoms in total. The molecule has 3 N–H and O–H groups in total. The van der Waals surface area contributed by atoms with Crippen molar-refractivity contribution >= 4 is 40.5 Å². The van der Waals surface area contributed by atoms with Crippen LogP contribution in [0.15, 0.2) is 54.7 Å². The summed E-state index contributed by atoms with van der Waals surface area (Å²) >= 11 is 0. The molecular formula is C49H63N7O8. The van der Waals surface area contributed by atoms with Gasteiger partial charge in [0, 0.05) is 81.8 Å². The van der Waals surface area contributed by atoms with Crippen molar-refractivity contribution in [3.8, 4) is 28.1 Å². The second-order valence-corrected chi connectivity index (χ2v) is 18.7. The van der Waals surface area contributed by atoms with Gasteiger partial charge in [0.1, 0.15) is 23.9 Å². The molecule has 2 aromatic heterocycles. The first-order chi connectivity index (χ1) is 30.5. The number of cyclic esters (lactones) is 1. The summed E-state index contributed by atoms with van der Waals surface area (Å²) in [5, 5.41) is 16.7. The molecule has 5 heterocycles. The van der Waals surface area contributed by atoms with E-state index in [4.69, 9.17) is 14.5 Å². The van der Waals surface area contributed by atoms with Gasteiger partial charge in [0.05, 0.1) is 30.5 Å². The third-order valence-corrected chi connectivity index (χ3v) is 12.9. The van der Waals surface area contributed by atoms with E-state index in [2.05, 4.69) is 54.3 Å². The first kappa shape index (κ1) is 46.2. The van der Waals surface area contributed by atoms with Crippen LogP contribution >= 0.6 is 0 Å². The van der Waals surface area contributed by atoms with E-state index in [1.54, 1.807) is 37.4 Å². The maximum atomic E-state index is 14.7. The molecule has 0 aliphatic carbocycles. The highest BCUT2D eigenvalue weighted by molar-refractivity contribution is 5.96. The molecular weight excluding hydrogens is 815 g/mol. The minimum Gasteiger partial charge on any atom is -0.508 e. The van der Waals surface area contributed by atoms with Gasteiger partial charge >= 0.3 is 5.97 Å². The van der Waals surface area contributed by atoms with Gasteiger partial charge in [0.25, 0.3) is 5.91 Å². The van der Waals surface area contributed by atoms with Gasteiger partial charge in [-0.05, 0) is 97.2 Å². The van der Waals surface area contributed by atoms with E-state index in [-0.39, 0.29) is 49.6 Å². The van der Waals surface area contributed by atoms with E-state index >= 15 is 0 Å². The van der Waals surface area contributed by atoms with Gasteiger partial charge in [-0.2, -0.15) is 0 Å². The number of carbonyl (C=O) groups is 5. The normalized spacial score (nSPS) is 20.8. The summed E-state index contributed by atoms with van der Waals surface area (Å²) in [5.41, 5.74) is 9.57. The van der Waals surface area contributed by atoms with Crippen LogP contribution in [-0.4, -0.2) is 118 Å². The van der Waals surface area contributed by atoms with Gasteiger partial charge in [-0.15, -0.1) is 0 Å². The molecule has 15 heteroatoms. The molecule has 7 rings (SSSR count). The highest BCUT2D eigenvalue weighted by Gasteiger charge is 2.40. The van der Waals surface area contributed by atoms with E-state index in [1.165, 1.54) is 16.8 Å². The van der Waals surface area contributed by atoms with E-state index in [0.717, 1.165) is 44.5 Å². The van der Waals surface area contributed by atoms with Crippen LogP contribution < -0.4 is 10.7 Å². The lowest BCUT2D eigenvalue weighted by Gasteiger charge is -2.37. The number of phenolic OH excluding ortho intramolecular Hbond substituents is 1. The van der Waals surface area contributed by atoms with Crippen molar-refractivity contribution in [1.82, 2.24) is 35.1 Å². The Hall–Kier alpha value is -5.80. The number of fused-ring (bicyclic) bond motifs is 6. The van der Waals surface area contributed by atoms with Crippen molar-refractivity contribution < 1.29 is 38.6 Å². The number of hydrogen-bond donors (Lipinski definition) is 3. The number of pyridine rings is 1. The van der Waals surface area contributed by atoms with Crippen molar-refractivity contribution in [2.45, 2.75) is 105 Å². The van der Waals surface area contributed by atoms with Crippen LogP contribution in [0.1, 0.15) is 77.6 Å². The number of esters is 1. The number of rotatable bonds is 9. The van der Waals surface area contributed by atoms with Crippen LogP contribution in [0.4, 0.5) is 0 Å². The molecule has 3 aliphatic rings. The predicted octanol–water partition coefficient (Wildman–Crippen LogP) is 5.24. The Bertz CT molecular complexity index is 2430. The average Bonchev–Trinajstić information content (AvgIpc) is 3.88. The largest absolute Gasteiger partial charge is 0.508 e. The molecule has 2 saturated heterocycles. The number of aryl methyl sites for hydroxylation is 1. The monoisotopic (exact) mass is 877 g/mol. The smallest absolute Gasteiger partial charge is 0.324 e. The topological polar surface area (TPSA) is 176 Å². The quantitative estimate of drug-likeness (QED) is 0.189. The maximum Gasteiger partial charge on any atom is 0.324 e. The second-order valence-electron chi connectivity index (χ2n) is 18.7. The Balaban J connectivity index is 1.31. The number of nitrogens with one attached hydrogen (secondary N) is 2. The van der Waals surface area contributed by atoms with Crippen LogP contribution in [0.5, 0.6) is 5.75 Å². The summed E-state index contributed by atoms with van der Waals surface area (Å²) in [5.74, 6) is -2.59. The number of ether oxygens (including phenoxy) is 2. The molecule has 0 unspecified atom stereocenters. The van der Waals surface area contributed by atoms with Crippen molar-refractivity contribution in [3.63, 3.8) is 0 Å². The highest BCUT2D eigenvalue weighted by atomic mass is 16.5. The van der Waals surface area contributed by atoms with E-state index in [0.29, 0.717) is 50.9 Å². The molecule has 2 fully saturated rings. The molecule has 0 spiro atoms.